The van der Waals surface area contributed by atoms with Crippen molar-refractivity contribution in [3.05, 3.63) is 131 Å². The molecule has 0 saturated heterocycles. The van der Waals surface area contributed by atoms with Crippen LogP contribution in [0.25, 0.3) is 0 Å². The SMILES string of the molecule is COc1ccc(C[C@@H](CO[Si](C)(C)C(C)(C)C)N(Cc2ccccc2)[C@@H](CNC(=O)c2ccccc2)Cc2ccc(OC)cc2)cc1. The van der Waals surface area contributed by atoms with Gasteiger partial charge in [0.05, 0.1) is 14.2 Å². The van der Waals surface area contributed by atoms with Gasteiger partial charge in [0.2, 0.25) is 0 Å². The van der Waals surface area contributed by atoms with E-state index in [1.165, 1.54) is 16.7 Å². The van der Waals surface area contributed by atoms with Crippen LogP contribution in [0.4, 0.5) is 0 Å². The quantitative estimate of drug-likeness (QED) is 0.124. The van der Waals surface area contributed by atoms with Crippen molar-refractivity contribution in [2.24, 2.45) is 0 Å². The minimum atomic E-state index is -2.07. The van der Waals surface area contributed by atoms with E-state index in [1.54, 1.807) is 14.2 Å². The first-order chi connectivity index (χ1) is 22.5. The molecule has 0 fully saturated rings. The number of rotatable bonds is 16. The van der Waals surface area contributed by atoms with Crippen LogP contribution < -0.4 is 14.8 Å². The molecule has 0 radical (unpaired) electrons. The van der Waals surface area contributed by atoms with E-state index in [4.69, 9.17) is 13.9 Å². The third-order valence-electron chi connectivity index (χ3n) is 9.38. The fourth-order valence-corrected chi connectivity index (χ4v) is 6.46. The minimum Gasteiger partial charge on any atom is -0.497 e. The summed E-state index contributed by atoms with van der Waals surface area (Å²) in [6.45, 7) is 13.3. The van der Waals surface area contributed by atoms with Gasteiger partial charge in [0.25, 0.3) is 5.91 Å². The van der Waals surface area contributed by atoms with Crippen LogP contribution in [0.1, 0.15) is 47.8 Å². The topological polar surface area (TPSA) is 60.0 Å². The Morgan fingerprint density at radius 2 is 1.19 bits per heavy atom. The molecule has 2 atom stereocenters. The highest BCUT2D eigenvalue weighted by Gasteiger charge is 2.39. The second-order valence-corrected chi connectivity index (χ2v) is 18.5. The highest BCUT2D eigenvalue weighted by atomic mass is 28.4. The third kappa shape index (κ3) is 10.5. The van der Waals surface area contributed by atoms with E-state index in [0.717, 1.165) is 24.3 Å². The molecule has 0 aliphatic rings. The summed E-state index contributed by atoms with van der Waals surface area (Å²) >= 11 is 0. The van der Waals surface area contributed by atoms with E-state index in [-0.39, 0.29) is 23.0 Å². The molecule has 0 aliphatic heterocycles. The Morgan fingerprint density at radius 3 is 1.68 bits per heavy atom. The Balaban J connectivity index is 1.75. The molecule has 1 amide bonds. The highest BCUT2D eigenvalue weighted by Crippen LogP contribution is 2.37. The Bertz CT molecular complexity index is 1500. The molecule has 250 valence electrons. The first-order valence-electron chi connectivity index (χ1n) is 16.5. The van der Waals surface area contributed by atoms with Gasteiger partial charge in [-0.05, 0) is 84.1 Å². The molecule has 4 aromatic rings. The van der Waals surface area contributed by atoms with Crippen molar-refractivity contribution in [1.29, 1.82) is 0 Å². The Labute approximate surface area is 283 Å². The lowest BCUT2D eigenvalue weighted by Gasteiger charge is -2.42. The first kappa shape index (κ1) is 35.9. The first-order valence-corrected chi connectivity index (χ1v) is 19.4. The summed E-state index contributed by atoms with van der Waals surface area (Å²) in [6.07, 6.45) is 1.53. The molecule has 4 aromatic carbocycles. The number of amides is 1. The lowest BCUT2D eigenvalue weighted by atomic mass is 9.98. The van der Waals surface area contributed by atoms with Gasteiger partial charge in [-0.15, -0.1) is 0 Å². The monoisotopic (exact) mass is 652 g/mol. The van der Waals surface area contributed by atoms with Gasteiger partial charge in [-0.3, -0.25) is 9.69 Å². The van der Waals surface area contributed by atoms with Crippen LogP contribution >= 0.6 is 0 Å². The molecule has 47 heavy (non-hydrogen) atoms. The Hall–Kier alpha value is -3.91. The summed E-state index contributed by atoms with van der Waals surface area (Å²) in [7, 11) is 1.31. The Morgan fingerprint density at radius 1 is 0.702 bits per heavy atom. The zero-order chi connectivity index (χ0) is 33.9. The molecule has 0 spiro atoms. The van der Waals surface area contributed by atoms with Gasteiger partial charge in [-0.1, -0.05) is 93.6 Å². The van der Waals surface area contributed by atoms with Crippen molar-refractivity contribution < 1.29 is 18.7 Å². The molecule has 1 N–H and O–H groups in total. The van der Waals surface area contributed by atoms with Gasteiger partial charge in [0.1, 0.15) is 11.5 Å². The molecular formula is C40H52N2O4Si. The molecule has 0 aliphatic carbocycles. The van der Waals surface area contributed by atoms with Crippen LogP contribution in [-0.2, 0) is 23.8 Å². The molecule has 6 nitrogen and oxygen atoms in total. The van der Waals surface area contributed by atoms with Gasteiger partial charge < -0.3 is 19.2 Å². The number of benzene rings is 4. The van der Waals surface area contributed by atoms with Gasteiger partial charge in [0.15, 0.2) is 8.32 Å². The van der Waals surface area contributed by atoms with E-state index < -0.39 is 8.32 Å². The molecule has 7 heteroatoms. The van der Waals surface area contributed by atoms with E-state index in [0.29, 0.717) is 25.3 Å². The van der Waals surface area contributed by atoms with E-state index in [9.17, 15) is 4.79 Å². The number of nitrogens with one attached hydrogen (secondary N) is 1. The smallest absolute Gasteiger partial charge is 0.251 e. The maximum atomic E-state index is 13.4. The number of nitrogens with zero attached hydrogens (tertiary/aromatic N) is 1. The maximum Gasteiger partial charge on any atom is 0.251 e. The highest BCUT2D eigenvalue weighted by molar-refractivity contribution is 6.74. The number of hydrogen-bond donors (Lipinski definition) is 1. The summed E-state index contributed by atoms with van der Waals surface area (Å²) in [5.74, 6) is 1.59. The third-order valence-corrected chi connectivity index (χ3v) is 13.9. The minimum absolute atomic E-state index is 0.0254. The normalized spacial score (nSPS) is 13.2. The average molecular weight is 653 g/mol. The number of carbonyl (C=O) groups is 1. The second-order valence-electron chi connectivity index (χ2n) is 13.7. The predicted octanol–water partition coefficient (Wildman–Crippen LogP) is 8.18. The van der Waals surface area contributed by atoms with Crippen LogP contribution in [0.2, 0.25) is 18.1 Å². The van der Waals surface area contributed by atoms with Gasteiger partial charge in [-0.25, -0.2) is 0 Å². The number of methoxy groups -OCH3 is 2. The summed E-state index contributed by atoms with van der Waals surface area (Å²) in [4.78, 5) is 15.9. The van der Waals surface area contributed by atoms with E-state index in [1.807, 2.05) is 54.6 Å². The van der Waals surface area contributed by atoms with Gasteiger partial charge >= 0.3 is 0 Å². The molecular weight excluding hydrogens is 601 g/mol. The van der Waals surface area contributed by atoms with E-state index >= 15 is 0 Å². The molecule has 0 heterocycles. The summed E-state index contributed by atoms with van der Waals surface area (Å²) in [5, 5.41) is 3.36. The number of ether oxygens (including phenoxy) is 2. The van der Waals surface area contributed by atoms with Crippen LogP contribution in [-0.4, -0.2) is 58.6 Å². The lowest BCUT2D eigenvalue weighted by molar-refractivity contribution is 0.0725. The van der Waals surface area contributed by atoms with Crippen LogP contribution in [0, 0.1) is 0 Å². The Kier molecular flexibility index (Phi) is 12.8. The van der Waals surface area contributed by atoms with Crippen molar-refractivity contribution in [2.45, 2.75) is 70.4 Å². The molecule has 4 rings (SSSR count). The molecule has 0 saturated carbocycles. The van der Waals surface area contributed by atoms with Crippen LogP contribution in [0.15, 0.2) is 109 Å². The molecule has 0 bridgehead atoms. The zero-order valence-corrected chi connectivity index (χ0v) is 30.2. The lowest BCUT2D eigenvalue weighted by Crippen LogP contribution is -2.53. The number of hydrogen-bond acceptors (Lipinski definition) is 5. The van der Waals surface area contributed by atoms with Gasteiger partial charge in [-0.2, -0.15) is 0 Å². The average Bonchev–Trinajstić information content (AvgIpc) is 3.08. The van der Waals surface area contributed by atoms with E-state index in [2.05, 4.69) is 98.7 Å². The second kappa shape index (κ2) is 16.8. The van der Waals surface area contributed by atoms with Crippen LogP contribution in [0.3, 0.4) is 0 Å². The van der Waals surface area contributed by atoms with Crippen molar-refractivity contribution >= 4 is 14.2 Å². The molecule has 0 unspecified atom stereocenters. The largest absolute Gasteiger partial charge is 0.497 e. The summed E-state index contributed by atoms with van der Waals surface area (Å²) in [6, 6.07) is 36.6. The van der Waals surface area contributed by atoms with Crippen molar-refractivity contribution in [3.63, 3.8) is 0 Å². The molecule has 0 aromatic heterocycles. The maximum absolute atomic E-state index is 13.4. The van der Waals surface area contributed by atoms with Crippen molar-refractivity contribution in [3.8, 4) is 11.5 Å². The fourth-order valence-electron chi connectivity index (χ4n) is 5.42. The van der Waals surface area contributed by atoms with Crippen molar-refractivity contribution in [2.75, 3.05) is 27.4 Å². The summed E-state index contributed by atoms with van der Waals surface area (Å²) < 4.78 is 17.9. The van der Waals surface area contributed by atoms with Crippen molar-refractivity contribution in [1.82, 2.24) is 10.2 Å². The predicted molar refractivity (Wildman–Crippen MR) is 195 cm³/mol. The summed E-state index contributed by atoms with van der Waals surface area (Å²) in [5.41, 5.74) is 4.26. The zero-order valence-electron chi connectivity index (χ0n) is 29.2. The van der Waals surface area contributed by atoms with Crippen LogP contribution in [0.5, 0.6) is 11.5 Å². The fraction of sp³-hybridized carbons (Fsp3) is 0.375. The van der Waals surface area contributed by atoms with Gasteiger partial charge in [0, 0.05) is 37.3 Å². The number of carbonyl (C=O) groups excluding carboxylic acids is 1. The standard InChI is InChI=1S/C40H52N2O4Si/c1-40(2,3)47(6,7)46-30-36(27-32-20-24-38(45-5)25-21-32)42(29-33-14-10-8-11-15-33)35(26-31-18-22-37(44-4)23-19-31)28-41-39(43)34-16-12-9-13-17-34/h8-25,35-36H,26-30H2,1-7H3,(H,41,43)/t35-,36+/m1/s1.